The second kappa shape index (κ2) is 9.45. The molecule has 1 aromatic carbocycles. The zero-order chi connectivity index (χ0) is 17.4. The molecule has 4 nitrogen and oxygen atoms in total. The third-order valence-electron chi connectivity index (χ3n) is 4.62. The summed E-state index contributed by atoms with van der Waals surface area (Å²) in [5.74, 6) is -0.226. The van der Waals surface area contributed by atoms with E-state index in [0.29, 0.717) is 11.5 Å². The zero-order valence-corrected chi connectivity index (χ0v) is 14.8. The molecule has 1 amide bonds. The van der Waals surface area contributed by atoms with E-state index in [1.165, 1.54) is 24.8 Å². The Morgan fingerprint density at radius 3 is 2.21 bits per heavy atom. The first-order valence-electron chi connectivity index (χ1n) is 9.12. The van der Waals surface area contributed by atoms with Crippen LogP contribution in [0.25, 0.3) is 0 Å². The van der Waals surface area contributed by atoms with Crippen molar-refractivity contribution in [3.05, 3.63) is 35.4 Å². The molecule has 1 aromatic rings. The normalized spacial score (nSPS) is 16.3. The van der Waals surface area contributed by atoms with Crippen LogP contribution in [0, 0.1) is 0 Å². The molecule has 2 rings (SSSR count). The molecule has 1 saturated carbocycles. The van der Waals surface area contributed by atoms with Crippen molar-refractivity contribution in [1.82, 2.24) is 5.32 Å². The lowest BCUT2D eigenvalue weighted by Crippen LogP contribution is -2.38. The number of benzene rings is 1. The van der Waals surface area contributed by atoms with E-state index in [2.05, 4.69) is 19.2 Å². The molecule has 0 aromatic heterocycles. The molecular formula is C20H29NO3. The number of hydrogen-bond acceptors (Lipinski definition) is 3. The summed E-state index contributed by atoms with van der Waals surface area (Å²) in [7, 11) is 0. The first-order chi connectivity index (χ1) is 11.6. The van der Waals surface area contributed by atoms with Gasteiger partial charge in [-0.2, -0.15) is 0 Å². The molecule has 0 heterocycles. The maximum absolute atomic E-state index is 12.0. The van der Waals surface area contributed by atoms with Crippen molar-refractivity contribution in [2.75, 3.05) is 6.61 Å². The molecule has 1 aliphatic rings. The Hall–Kier alpha value is -1.84. The molecule has 4 heteroatoms. The average Bonchev–Trinajstić information content (AvgIpc) is 2.55. The van der Waals surface area contributed by atoms with Gasteiger partial charge in [0.1, 0.15) is 0 Å². The van der Waals surface area contributed by atoms with Gasteiger partial charge in [0.25, 0.3) is 5.91 Å². The topological polar surface area (TPSA) is 55.4 Å². The van der Waals surface area contributed by atoms with E-state index >= 15 is 0 Å². The minimum absolute atomic E-state index is 0.201. The van der Waals surface area contributed by atoms with Crippen molar-refractivity contribution >= 4 is 11.9 Å². The van der Waals surface area contributed by atoms with E-state index in [0.717, 1.165) is 25.7 Å². The van der Waals surface area contributed by atoms with Gasteiger partial charge in [-0.05, 0) is 36.5 Å². The Bertz CT molecular complexity index is 528. The monoisotopic (exact) mass is 331 g/mol. The Morgan fingerprint density at radius 1 is 1.04 bits per heavy atom. The summed E-state index contributed by atoms with van der Waals surface area (Å²) >= 11 is 0. The fourth-order valence-electron chi connectivity index (χ4n) is 3.09. The van der Waals surface area contributed by atoms with Crippen LogP contribution in [-0.2, 0) is 9.53 Å². The summed E-state index contributed by atoms with van der Waals surface area (Å²) in [4.78, 5) is 24.0. The molecule has 132 valence electrons. The molecule has 0 bridgehead atoms. The smallest absolute Gasteiger partial charge is 0.338 e. The third kappa shape index (κ3) is 5.99. The Morgan fingerprint density at radius 2 is 1.62 bits per heavy atom. The van der Waals surface area contributed by atoms with Gasteiger partial charge in [-0.25, -0.2) is 4.79 Å². The Kier molecular flexibility index (Phi) is 7.29. The number of carbonyl (C=O) groups is 2. The second-order valence-electron chi connectivity index (χ2n) is 6.96. The largest absolute Gasteiger partial charge is 0.452 e. The Balaban J connectivity index is 1.76. The van der Waals surface area contributed by atoms with E-state index in [-0.39, 0.29) is 18.6 Å². The number of ether oxygens (including phenoxy) is 1. The molecule has 1 N–H and O–H groups in total. The summed E-state index contributed by atoms with van der Waals surface area (Å²) in [6.45, 7) is 4.00. The van der Waals surface area contributed by atoms with Gasteiger partial charge in [-0.15, -0.1) is 0 Å². The van der Waals surface area contributed by atoms with Gasteiger partial charge >= 0.3 is 5.97 Å². The highest BCUT2D eigenvalue weighted by molar-refractivity contribution is 5.91. The van der Waals surface area contributed by atoms with E-state index in [4.69, 9.17) is 4.74 Å². The molecular weight excluding hydrogens is 302 g/mol. The van der Waals surface area contributed by atoms with E-state index in [1.807, 2.05) is 12.1 Å². The molecule has 1 aliphatic carbocycles. The van der Waals surface area contributed by atoms with E-state index < -0.39 is 5.97 Å². The van der Waals surface area contributed by atoms with Gasteiger partial charge < -0.3 is 10.1 Å². The van der Waals surface area contributed by atoms with Gasteiger partial charge in [0, 0.05) is 6.04 Å². The maximum Gasteiger partial charge on any atom is 0.338 e. The van der Waals surface area contributed by atoms with Crippen molar-refractivity contribution in [2.45, 2.75) is 70.8 Å². The average molecular weight is 331 g/mol. The summed E-state index contributed by atoms with van der Waals surface area (Å²) < 4.78 is 5.14. The quantitative estimate of drug-likeness (QED) is 0.823. The highest BCUT2D eigenvalue weighted by Gasteiger charge is 2.16. The molecule has 0 saturated heterocycles. The number of rotatable bonds is 5. The van der Waals surface area contributed by atoms with Crippen LogP contribution < -0.4 is 5.32 Å². The summed E-state index contributed by atoms with van der Waals surface area (Å²) in [5, 5.41) is 3.00. The summed E-state index contributed by atoms with van der Waals surface area (Å²) in [6, 6.07) is 7.59. The van der Waals surface area contributed by atoms with Gasteiger partial charge in [-0.1, -0.05) is 58.1 Å². The van der Waals surface area contributed by atoms with Crippen LogP contribution in [0.2, 0.25) is 0 Å². The third-order valence-corrected chi connectivity index (χ3v) is 4.62. The van der Waals surface area contributed by atoms with Crippen LogP contribution in [0.5, 0.6) is 0 Å². The first kappa shape index (κ1) is 18.5. The molecule has 1 fully saturated rings. The van der Waals surface area contributed by atoms with Crippen molar-refractivity contribution in [3.63, 3.8) is 0 Å². The highest BCUT2D eigenvalue weighted by Crippen LogP contribution is 2.17. The lowest BCUT2D eigenvalue weighted by molar-refractivity contribution is -0.125. The fourth-order valence-corrected chi connectivity index (χ4v) is 3.09. The molecule has 24 heavy (non-hydrogen) atoms. The van der Waals surface area contributed by atoms with E-state index in [1.54, 1.807) is 12.1 Å². The Labute approximate surface area is 145 Å². The number of amides is 1. The number of hydrogen-bond donors (Lipinski definition) is 1. The van der Waals surface area contributed by atoms with Gasteiger partial charge in [0.2, 0.25) is 0 Å². The standard InChI is InChI=1S/C20H29NO3/c1-15(2)16-10-12-17(13-11-16)20(23)24-14-19(22)21-18-8-6-4-3-5-7-9-18/h10-13,15,18H,3-9,14H2,1-2H3,(H,21,22). The molecule has 0 aliphatic heterocycles. The van der Waals surface area contributed by atoms with Crippen LogP contribution in [0.4, 0.5) is 0 Å². The van der Waals surface area contributed by atoms with Crippen LogP contribution in [0.3, 0.4) is 0 Å². The first-order valence-corrected chi connectivity index (χ1v) is 9.12. The number of carbonyl (C=O) groups excluding carboxylic acids is 2. The van der Waals surface area contributed by atoms with Crippen molar-refractivity contribution < 1.29 is 14.3 Å². The molecule has 0 radical (unpaired) electrons. The van der Waals surface area contributed by atoms with Crippen molar-refractivity contribution in [1.29, 1.82) is 0 Å². The van der Waals surface area contributed by atoms with Crippen molar-refractivity contribution in [3.8, 4) is 0 Å². The fraction of sp³-hybridized carbons (Fsp3) is 0.600. The van der Waals surface area contributed by atoms with E-state index in [9.17, 15) is 9.59 Å². The minimum atomic E-state index is -0.446. The lowest BCUT2D eigenvalue weighted by Gasteiger charge is -2.20. The molecule has 0 atom stereocenters. The SMILES string of the molecule is CC(C)c1ccc(C(=O)OCC(=O)NC2CCCCCCC2)cc1. The summed E-state index contributed by atoms with van der Waals surface area (Å²) in [5.41, 5.74) is 1.66. The highest BCUT2D eigenvalue weighted by atomic mass is 16.5. The molecule has 0 unspecified atom stereocenters. The second-order valence-corrected chi connectivity index (χ2v) is 6.96. The van der Waals surface area contributed by atoms with Gasteiger partial charge in [0.15, 0.2) is 6.61 Å². The zero-order valence-electron chi connectivity index (χ0n) is 14.8. The van der Waals surface area contributed by atoms with Gasteiger partial charge in [0.05, 0.1) is 5.56 Å². The minimum Gasteiger partial charge on any atom is -0.452 e. The van der Waals surface area contributed by atoms with Crippen molar-refractivity contribution in [2.24, 2.45) is 0 Å². The van der Waals surface area contributed by atoms with Gasteiger partial charge in [-0.3, -0.25) is 4.79 Å². The van der Waals surface area contributed by atoms with Crippen LogP contribution in [0.15, 0.2) is 24.3 Å². The maximum atomic E-state index is 12.0. The van der Waals surface area contributed by atoms with Crippen LogP contribution in [0.1, 0.15) is 80.6 Å². The van der Waals surface area contributed by atoms with Crippen LogP contribution >= 0.6 is 0 Å². The number of nitrogens with one attached hydrogen (secondary N) is 1. The predicted molar refractivity (Wildman–Crippen MR) is 95.1 cm³/mol. The number of esters is 1. The molecule has 0 spiro atoms. The predicted octanol–water partition coefficient (Wildman–Crippen LogP) is 4.20. The lowest BCUT2D eigenvalue weighted by atomic mass is 9.97. The summed E-state index contributed by atoms with van der Waals surface area (Å²) in [6.07, 6.45) is 8.15. The van der Waals surface area contributed by atoms with Crippen LogP contribution in [-0.4, -0.2) is 24.5 Å².